The van der Waals surface area contributed by atoms with Gasteiger partial charge in [-0.3, -0.25) is 0 Å². The molecule has 0 fully saturated rings. The predicted molar refractivity (Wildman–Crippen MR) is 57.4 cm³/mol. The average Bonchev–Trinajstić information content (AvgIpc) is 2.78. The van der Waals surface area contributed by atoms with Gasteiger partial charge in [-0.15, -0.1) is 5.10 Å². The lowest BCUT2D eigenvalue weighted by Gasteiger charge is -2.07. The minimum absolute atomic E-state index is 0.591. The summed E-state index contributed by atoms with van der Waals surface area (Å²) in [7, 11) is 0. The third-order valence-corrected chi connectivity index (χ3v) is 2.39. The van der Waals surface area contributed by atoms with E-state index in [2.05, 4.69) is 25.6 Å². The molecule has 2 aromatic rings. The molecule has 80 valence electrons. The lowest BCUT2D eigenvalue weighted by molar-refractivity contribution is 0.788. The van der Waals surface area contributed by atoms with Gasteiger partial charge in [-0.25, -0.2) is 4.68 Å². The van der Waals surface area contributed by atoms with Crippen molar-refractivity contribution in [3.05, 3.63) is 40.0 Å². The van der Waals surface area contributed by atoms with Crippen LogP contribution < -0.4 is 0 Å². The van der Waals surface area contributed by atoms with Crippen molar-refractivity contribution in [1.82, 2.24) is 20.2 Å². The molecule has 0 spiro atoms. The number of benzene rings is 1. The quantitative estimate of drug-likeness (QED) is 0.436. The largest absolute Gasteiger partial charge is 0.201 e. The predicted octanol–water partition coefficient (Wildman–Crippen LogP) is 2.22. The number of aryl methyl sites for hydroxylation is 1. The summed E-state index contributed by atoms with van der Waals surface area (Å²) in [6.45, 7) is 3.85. The van der Waals surface area contributed by atoms with Crippen molar-refractivity contribution in [2.45, 2.75) is 13.8 Å². The molecule has 16 heavy (non-hydrogen) atoms. The van der Waals surface area contributed by atoms with Crippen LogP contribution in [0, 0.1) is 13.8 Å². The zero-order valence-electron chi connectivity index (χ0n) is 8.86. The fourth-order valence-corrected chi connectivity index (χ4v) is 1.39. The van der Waals surface area contributed by atoms with Crippen molar-refractivity contribution in [2.24, 2.45) is 5.11 Å². The Bertz CT molecular complexity index is 551. The van der Waals surface area contributed by atoms with E-state index in [1.165, 1.54) is 11.0 Å². The second-order valence-corrected chi connectivity index (χ2v) is 3.35. The number of azide groups is 1. The molecule has 0 unspecified atom stereocenters. The van der Waals surface area contributed by atoms with Crippen LogP contribution in [-0.2, 0) is 0 Å². The first-order valence-electron chi connectivity index (χ1n) is 4.62. The third-order valence-electron chi connectivity index (χ3n) is 2.39. The zero-order chi connectivity index (χ0) is 11.5. The van der Waals surface area contributed by atoms with Crippen LogP contribution in [0.2, 0.25) is 0 Å². The average molecular weight is 215 g/mol. The Morgan fingerprint density at radius 1 is 1.38 bits per heavy atom. The Hall–Kier alpha value is -2.40. The van der Waals surface area contributed by atoms with Gasteiger partial charge in [-0.05, 0) is 53.1 Å². The molecule has 0 aliphatic heterocycles. The molecule has 0 atom stereocenters. The Kier molecular flexibility index (Phi) is 2.53. The molecule has 0 saturated carbocycles. The van der Waals surface area contributed by atoms with Crippen molar-refractivity contribution in [1.29, 1.82) is 0 Å². The minimum Gasteiger partial charge on any atom is -0.201 e. The van der Waals surface area contributed by atoms with Crippen LogP contribution in [0.4, 0.5) is 5.69 Å². The topological polar surface area (TPSA) is 92.4 Å². The molecule has 2 rings (SSSR count). The highest BCUT2D eigenvalue weighted by atomic mass is 15.5. The monoisotopic (exact) mass is 215 g/mol. The van der Waals surface area contributed by atoms with E-state index in [1.807, 2.05) is 19.9 Å². The van der Waals surface area contributed by atoms with Gasteiger partial charge in [0.05, 0.1) is 5.69 Å². The van der Waals surface area contributed by atoms with Crippen LogP contribution in [0.3, 0.4) is 0 Å². The summed E-state index contributed by atoms with van der Waals surface area (Å²) < 4.78 is 1.52. The summed E-state index contributed by atoms with van der Waals surface area (Å²) in [4.78, 5) is 2.79. The number of rotatable bonds is 2. The smallest absolute Gasteiger partial charge is 0.143 e. The molecule has 0 saturated heterocycles. The first kappa shape index (κ1) is 10.1. The van der Waals surface area contributed by atoms with E-state index < -0.39 is 0 Å². The van der Waals surface area contributed by atoms with Gasteiger partial charge >= 0.3 is 0 Å². The van der Waals surface area contributed by atoms with E-state index in [1.54, 1.807) is 6.07 Å². The first-order valence-corrected chi connectivity index (χ1v) is 4.62. The highest BCUT2D eigenvalue weighted by molar-refractivity contribution is 5.56. The zero-order valence-corrected chi connectivity index (χ0v) is 8.86. The van der Waals surface area contributed by atoms with Gasteiger partial charge < -0.3 is 0 Å². The molecule has 1 aromatic heterocycles. The molecule has 1 heterocycles. The standard InChI is InChI=1S/C9H9N7/c1-6-3-8(16-5-11-14-15-16)4-9(7(6)2)12-13-10/h3-5H,1-2H3. The number of tetrazole rings is 1. The lowest BCUT2D eigenvalue weighted by Crippen LogP contribution is -1.96. The van der Waals surface area contributed by atoms with Gasteiger partial charge in [0, 0.05) is 10.6 Å². The molecule has 7 nitrogen and oxygen atoms in total. The molecule has 1 aromatic carbocycles. The van der Waals surface area contributed by atoms with Crippen LogP contribution in [0.1, 0.15) is 11.1 Å². The summed E-state index contributed by atoms with van der Waals surface area (Å²) in [5.41, 5.74) is 11.8. The molecule has 0 aliphatic carbocycles. The number of hydrogen-bond acceptors (Lipinski definition) is 4. The van der Waals surface area contributed by atoms with Gasteiger partial charge in [0.25, 0.3) is 0 Å². The minimum atomic E-state index is 0.591. The highest BCUT2D eigenvalue weighted by Crippen LogP contribution is 2.25. The van der Waals surface area contributed by atoms with Crippen LogP contribution in [0.25, 0.3) is 16.1 Å². The Morgan fingerprint density at radius 2 is 2.19 bits per heavy atom. The van der Waals surface area contributed by atoms with E-state index in [0.717, 1.165) is 16.8 Å². The Morgan fingerprint density at radius 3 is 2.81 bits per heavy atom. The Labute approximate surface area is 91.3 Å². The van der Waals surface area contributed by atoms with Crippen molar-refractivity contribution in [3.8, 4) is 5.69 Å². The maximum atomic E-state index is 8.47. The third kappa shape index (κ3) is 1.71. The maximum absolute atomic E-state index is 8.47. The molecule has 0 radical (unpaired) electrons. The molecular weight excluding hydrogens is 206 g/mol. The van der Waals surface area contributed by atoms with Crippen molar-refractivity contribution < 1.29 is 0 Å². The summed E-state index contributed by atoms with van der Waals surface area (Å²) in [6, 6.07) is 3.68. The van der Waals surface area contributed by atoms with E-state index in [0.29, 0.717) is 5.69 Å². The second-order valence-electron chi connectivity index (χ2n) is 3.35. The van der Waals surface area contributed by atoms with E-state index in [-0.39, 0.29) is 0 Å². The SMILES string of the molecule is Cc1cc(-n2cnnn2)cc(N=[N+]=[N-])c1C. The molecule has 0 N–H and O–H groups in total. The van der Waals surface area contributed by atoms with Crippen LogP contribution in [-0.4, -0.2) is 20.2 Å². The van der Waals surface area contributed by atoms with Crippen molar-refractivity contribution in [2.75, 3.05) is 0 Å². The summed E-state index contributed by atoms with van der Waals surface area (Å²) in [5.74, 6) is 0. The second kappa shape index (κ2) is 4.00. The van der Waals surface area contributed by atoms with Gasteiger partial charge in [0.2, 0.25) is 0 Å². The normalized spacial score (nSPS) is 9.88. The van der Waals surface area contributed by atoms with Crippen molar-refractivity contribution >= 4 is 5.69 Å². The van der Waals surface area contributed by atoms with Crippen LogP contribution >= 0.6 is 0 Å². The van der Waals surface area contributed by atoms with E-state index in [4.69, 9.17) is 5.53 Å². The molecule has 0 amide bonds. The fourth-order valence-electron chi connectivity index (χ4n) is 1.39. The Balaban J connectivity index is 2.61. The number of hydrogen-bond donors (Lipinski definition) is 0. The summed E-state index contributed by atoms with van der Waals surface area (Å²) >= 11 is 0. The molecule has 0 bridgehead atoms. The van der Waals surface area contributed by atoms with Gasteiger partial charge in [-0.1, -0.05) is 5.11 Å². The number of nitrogens with zero attached hydrogens (tertiary/aromatic N) is 7. The fraction of sp³-hybridized carbons (Fsp3) is 0.222. The summed E-state index contributed by atoms with van der Waals surface area (Å²) in [5, 5.41) is 14.5. The number of aromatic nitrogens is 4. The van der Waals surface area contributed by atoms with Crippen LogP contribution in [0.5, 0.6) is 0 Å². The first-order chi connectivity index (χ1) is 7.72. The van der Waals surface area contributed by atoms with Gasteiger partial charge in [-0.2, -0.15) is 0 Å². The maximum Gasteiger partial charge on any atom is 0.143 e. The van der Waals surface area contributed by atoms with Gasteiger partial charge in [0.1, 0.15) is 6.33 Å². The summed E-state index contributed by atoms with van der Waals surface area (Å²) in [6.07, 6.45) is 1.49. The lowest BCUT2D eigenvalue weighted by atomic mass is 10.1. The van der Waals surface area contributed by atoms with Crippen LogP contribution in [0.15, 0.2) is 23.6 Å². The van der Waals surface area contributed by atoms with Gasteiger partial charge in [0.15, 0.2) is 0 Å². The van der Waals surface area contributed by atoms with E-state index >= 15 is 0 Å². The highest BCUT2D eigenvalue weighted by Gasteiger charge is 2.05. The molecule has 7 heteroatoms. The molecule has 0 aliphatic rings. The van der Waals surface area contributed by atoms with E-state index in [9.17, 15) is 0 Å². The molecular formula is C9H9N7. The van der Waals surface area contributed by atoms with Crippen molar-refractivity contribution in [3.63, 3.8) is 0 Å².